The molecule has 2 amide bonds. The van der Waals surface area contributed by atoms with Crippen molar-refractivity contribution in [2.24, 2.45) is 0 Å². The highest BCUT2D eigenvalue weighted by Gasteiger charge is 2.52. The predicted molar refractivity (Wildman–Crippen MR) is 173 cm³/mol. The first-order valence-corrected chi connectivity index (χ1v) is 15.6. The number of aromatic nitrogens is 3. The highest BCUT2D eigenvalue weighted by atomic mass is 19.2. The number of amides is 2. The second-order valence-electron chi connectivity index (χ2n) is 12.3. The molecule has 1 N–H and O–H groups in total. The Balaban J connectivity index is 0.994. The van der Waals surface area contributed by atoms with Crippen LogP contribution in [0.5, 0.6) is 0 Å². The fraction of sp³-hybridized carbons (Fsp3) is 0.265. The zero-order chi connectivity index (χ0) is 33.0. The van der Waals surface area contributed by atoms with E-state index >= 15 is 8.63 Å². The number of nitrogens with one attached hydrogen (secondary N) is 1. The van der Waals surface area contributed by atoms with Crippen molar-refractivity contribution in [3.05, 3.63) is 116 Å². The smallest absolute Gasteiger partial charge is 0.394 e. The van der Waals surface area contributed by atoms with E-state index in [4.69, 9.17) is 0 Å². The van der Waals surface area contributed by atoms with Crippen LogP contribution < -0.4 is 5.56 Å². The molecule has 13 heteroatoms. The molecule has 0 radical (unpaired) electrons. The van der Waals surface area contributed by atoms with Crippen LogP contribution in [0.3, 0.4) is 0 Å². The van der Waals surface area contributed by atoms with Gasteiger partial charge in [-0.15, -0.1) is 0 Å². The molecule has 2 aromatic heterocycles. The van der Waals surface area contributed by atoms with Crippen LogP contribution in [0.15, 0.2) is 71.2 Å². The molecule has 7 rings (SSSR count). The Morgan fingerprint density at radius 1 is 0.979 bits per heavy atom. The molecule has 0 spiro atoms. The number of hydrogen-bond donors (Lipinski definition) is 1. The third-order valence-electron chi connectivity index (χ3n) is 9.33. The van der Waals surface area contributed by atoms with Gasteiger partial charge in [-0.3, -0.25) is 14.4 Å². The molecule has 5 heterocycles. The minimum absolute atomic E-state index is 0.0459. The standard InChI is InChI=1S/C34H32BF3N6O3/c1-21-17-22(2)43-31(21)20-25-9-8-24(44(25)35(43,37)38)10-12-32(45)41-13-15-42(16-14-41)34(47)28-18-23(7-11-29(28)36)19-30-26-5-3-4-6-27(26)33(46)40-39-30/h3-9,11,17-18,20H,10,12-16,19H2,1-2H3,(H,40,46). The molecular formula is C34H32BF3N6O3. The maximum absolute atomic E-state index is 15.7. The molecule has 3 aliphatic rings. The molecule has 0 aliphatic carbocycles. The van der Waals surface area contributed by atoms with Gasteiger partial charge in [0.25, 0.3) is 11.5 Å². The fourth-order valence-corrected chi connectivity index (χ4v) is 6.96. The van der Waals surface area contributed by atoms with Gasteiger partial charge in [0.2, 0.25) is 5.91 Å². The number of aromatic amines is 1. The molecule has 9 nitrogen and oxygen atoms in total. The monoisotopic (exact) mass is 640 g/mol. The number of carbonyl (C=O) groups excluding carboxylic acids is 2. The molecular weight excluding hydrogens is 608 g/mol. The number of rotatable bonds is 6. The Labute approximate surface area is 268 Å². The van der Waals surface area contributed by atoms with Gasteiger partial charge >= 0.3 is 6.97 Å². The summed E-state index contributed by atoms with van der Waals surface area (Å²) < 4.78 is 48.5. The van der Waals surface area contributed by atoms with E-state index in [2.05, 4.69) is 10.2 Å². The van der Waals surface area contributed by atoms with Crippen LogP contribution in [-0.2, 0) is 11.2 Å². The number of benzene rings is 2. The van der Waals surface area contributed by atoms with Crippen molar-refractivity contribution in [2.75, 3.05) is 26.2 Å². The van der Waals surface area contributed by atoms with Crippen LogP contribution in [0.4, 0.5) is 13.0 Å². The molecule has 3 aliphatic heterocycles. The Kier molecular flexibility index (Phi) is 7.49. The van der Waals surface area contributed by atoms with Gasteiger partial charge < -0.3 is 27.4 Å². The fourth-order valence-electron chi connectivity index (χ4n) is 6.96. The summed E-state index contributed by atoms with van der Waals surface area (Å²) in [5, 5.41) is 7.85. The van der Waals surface area contributed by atoms with Gasteiger partial charge in [0.05, 0.1) is 16.6 Å². The molecule has 0 atom stereocenters. The van der Waals surface area contributed by atoms with Crippen LogP contribution in [0.2, 0.25) is 0 Å². The van der Waals surface area contributed by atoms with E-state index in [-0.39, 0.29) is 62.5 Å². The third-order valence-corrected chi connectivity index (χ3v) is 9.33. The van der Waals surface area contributed by atoms with Gasteiger partial charge in [-0.25, -0.2) is 9.49 Å². The van der Waals surface area contributed by atoms with Crippen molar-refractivity contribution in [3.63, 3.8) is 0 Å². The summed E-state index contributed by atoms with van der Waals surface area (Å²) in [4.78, 5) is 41.8. The Morgan fingerprint density at radius 2 is 1.70 bits per heavy atom. The number of aryl methyl sites for hydroxylation is 2. The molecule has 4 aromatic rings. The van der Waals surface area contributed by atoms with Crippen molar-refractivity contribution in [1.82, 2.24) is 24.5 Å². The lowest BCUT2D eigenvalue weighted by molar-refractivity contribution is -0.362. The lowest BCUT2D eigenvalue weighted by atomic mass is 9.90. The first kappa shape index (κ1) is 30.5. The number of nitrogens with zero attached hydrogens (tertiary/aromatic N) is 5. The number of fused-ring (bicyclic) bond motifs is 3. The van der Waals surface area contributed by atoms with Gasteiger partial charge in [0.15, 0.2) is 5.70 Å². The quantitative estimate of drug-likeness (QED) is 0.316. The van der Waals surface area contributed by atoms with Crippen molar-refractivity contribution < 1.29 is 27.1 Å². The number of allylic oxidation sites excluding steroid dienone is 2. The Hall–Kier alpha value is -5.20. The van der Waals surface area contributed by atoms with E-state index in [1.165, 1.54) is 17.0 Å². The van der Waals surface area contributed by atoms with Crippen LogP contribution in [0.1, 0.15) is 51.4 Å². The van der Waals surface area contributed by atoms with Gasteiger partial charge in [0.1, 0.15) is 11.5 Å². The molecule has 47 heavy (non-hydrogen) atoms. The summed E-state index contributed by atoms with van der Waals surface area (Å²) in [5.41, 5.74) is 3.45. The second kappa shape index (κ2) is 11.6. The number of hydrogen-bond acceptors (Lipinski definition) is 4. The zero-order valence-electron chi connectivity index (χ0n) is 26.0. The van der Waals surface area contributed by atoms with E-state index < -0.39 is 18.7 Å². The molecule has 1 saturated heterocycles. The average molecular weight is 640 g/mol. The van der Waals surface area contributed by atoms with Crippen molar-refractivity contribution >= 4 is 41.3 Å². The van der Waals surface area contributed by atoms with E-state index in [1.807, 2.05) is 13.0 Å². The first-order chi connectivity index (χ1) is 22.5. The minimum Gasteiger partial charge on any atom is -0.394 e. The summed E-state index contributed by atoms with van der Waals surface area (Å²) in [6.45, 7) is 0.321. The first-order valence-electron chi connectivity index (χ1n) is 15.6. The zero-order valence-corrected chi connectivity index (χ0v) is 26.0. The Bertz CT molecular complexity index is 2120. The summed E-state index contributed by atoms with van der Waals surface area (Å²) in [7, 11) is 0. The van der Waals surface area contributed by atoms with Gasteiger partial charge in [-0.05, 0) is 54.9 Å². The van der Waals surface area contributed by atoms with Crippen LogP contribution in [0.25, 0.3) is 16.8 Å². The van der Waals surface area contributed by atoms with Gasteiger partial charge in [0, 0.05) is 74.7 Å². The average Bonchev–Trinajstić information content (AvgIpc) is 3.62. The lowest BCUT2D eigenvalue weighted by Gasteiger charge is -2.35. The van der Waals surface area contributed by atoms with Gasteiger partial charge in [-0.2, -0.15) is 5.10 Å². The van der Waals surface area contributed by atoms with Crippen LogP contribution in [0, 0.1) is 19.7 Å². The topological polar surface area (TPSA) is 94.3 Å². The minimum atomic E-state index is -4.10. The van der Waals surface area contributed by atoms with Crippen molar-refractivity contribution in [2.45, 2.75) is 33.1 Å². The van der Waals surface area contributed by atoms with Crippen LogP contribution in [-0.4, -0.2) is 79.6 Å². The van der Waals surface area contributed by atoms with E-state index in [9.17, 15) is 18.8 Å². The summed E-state index contributed by atoms with van der Waals surface area (Å²) in [6, 6.07) is 13.2. The van der Waals surface area contributed by atoms with E-state index in [0.717, 1.165) is 14.5 Å². The number of H-pyrrole nitrogens is 1. The summed E-state index contributed by atoms with van der Waals surface area (Å²) in [5.74, 6) is -1.32. The molecule has 0 unspecified atom stereocenters. The Morgan fingerprint density at radius 3 is 2.47 bits per heavy atom. The van der Waals surface area contributed by atoms with Gasteiger partial charge in [-0.1, -0.05) is 24.3 Å². The predicted octanol–water partition coefficient (Wildman–Crippen LogP) is 4.44. The molecule has 0 saturated carbocycles. The van der Waals surface area contributed by atoms with E-state index in [0.29, 0.717) is 44.8 Å². The maximum atomic E-state index is 15.7. The maximum Gasteiger partial charge on any atom is 0.737 e. The van der Waals surface area contributed by atoms with Crippen molar-refractivity contribution in [3.8, 4) is 0 Å². The normalized spacial score (nSPS) is 16.8. The molecule has 1 fully saturated rings. The highest BCUT2D eigenvalue weighted by molar-refractivity contribution is 6.58. The molecule has 0 bridgehead atoms. The summed E-state index contributed by atoms with van der Waals surface area (Å²) in [6.07, 6.45) is 5.55. The van der Waals surface area contributed by atoms with Crippen LogP contribution >= 0.6 is 0 Å². The number of halogens is 3. The van der Waals surface area contributed by atoms with E-state index in [1.54, 1.807) is 60.4 Å². The molecule has 2 aromatic carbocycles. The second-order valence-corrected chi connectivity index (χ2v) is 12.3. The number of piperazine rings is 1. The summed E-state index contributed by atoms with van der Waals surface area (Å²) >= 11 is 0. The largest absolute Gasteiger partial charge is 0.737 e. The lowest BCUT2D eigenvalue weighted by Crippen LogP contribution is -2.51. The highest BCUT2D eigenvalue weighted by Crippen LogP contribution is 2.34. The van der Waals surface area contributed by atoms with Crippen molar-refractivity contribution in [1.29, 1.82) is 0 Å². The number of carbonyl (C=O) groups is 2. The third kappa shape index (κ3) is 5.29. The molecule has 240 valence electrons. The SMILES string of the molecule is Cc1cc(C)n2c1C=C1C=CC(CCC(=O)N3CCN(C(=O)c4cc(Cc5n[nH]c(=O)c6ccccc56)ccc4F)CC3)=[N+]1[B-]2(F)F.